The maximum Gasteiger partial charge on any atom is 0.508 e. The number of rotatable bonds is 8. The summed E-state index contributed by atoms with van der Waals surface area (Å²) in [4.78, 5) is 11.7. The highest BCUT2D eigenvalue weighted by Gasteiger charge is 2.35. The molecule has 1 aliphatic heterocycles. The van der Waals surface area contributed by atoms with E-state index in [0.29, 0.717) is 12.5 Å². The van der Waals surface area contributed by atoms with Gasteiger partial charge in [0.25, 0.3) is 0 Å². The maximum atomic E-state index is 11.7. The quantitative estimate of drug-likeness (QED) is 0.467. The molecule has 4 unspecified atom stereocenters. The molecule has 5 heteroatoms. The van der Waals surface area contributed by atoms with Crippen LogP contribution < -0.4 is 0 Å². The zero-order valence-electron chi connectivity index (χ0n) is 15.3. The van der Waals surface area contributed by atoms with Crippen molar-refractivity contribution >= 4 is 6.16 Å². The van der Waals surface area contributed by atoms with Gasteiger partial charge in [-0.05, 0) is 57.8 Å². The lowest BCUT2D eigenvalue weighted by Crippen LogP contribution is -2.39. The van der Waals surface area contributed by atoms with Gasteiger partial charge >= 0.3 is 6.16 Å². The van der Waals surface area contributed by atoms with Crippen LogP contribution in [-0.4, -0.2) is 37.9 Å². The average molecular weight is 342 g/mol. The Morgan fingerprint density at radius 1 is 1.12 bits per heavy atom. The molecule has 0 radical (unpaired) electrons. The van der Waals surface area contributed by atoms with Crippen molar-refractivity contribution in [2.45, 2.75) is 96.6 Å². The Morgan fingerprint density at radius 2 is 2.00 bits per heavy atom. The van der Waals surface area contributed by atoms with Crippen molar-refractivity contribution in [3.05, 3.63) is 0 Å². The third kappa shape index (κ3) is 6.60. The monoisotopic (exact) mass is 342 g/mol. The normalized spacial score (nSPS) is 30.8. The lowest BCUT2D eigenvalue weighted by Gasteiger charge is -2.37. The van der Waals surface area contributed by atoms with Crippen LogP contribution in [0.15, 0.2) is 0 Å². The number of hydrogen-bond donors (Lipinski definition) is 0. The van der Waals surface area contributed by atoms with Gasteiger partial charge in [0, 0.05) is 6.61 Å². The summed E-state index contributed by atoms with van der Waals surface area (Å²) >= 11 is 0. The van der Waals surface area contributed by atoms with Gasteiger partial charge in [-0.15, -0.1) is 0 Å². The highest BCUT2D eigenvalue weighted by atomic mass is 16.7. The van der Waals surface area contributed by atoms with Crippen LogP contribution in [0, 0.1) is 5.92 Å². The SMILES string of the molecule is CCCCCC1CC(OC2CCCCO2)CCC1OC(=O)OCC. The van der Waals surface area contributed by atoms with E-state index in [0.717, 1.165) is 45.1 Å². The fourth-order valence-electron chi connectivity index (χ4n) is 3.74. The Hall–Kier alpha value is -0.810. The molecule has 4 atom stereocenters. The molecule has 0 spiro atoms. The van der Waals surface area contributed by atoms with Crippen LogP contribution in [-0.2, 0) is 18.9 Å². The summed E-state index contributed by atoms with van der Waals surface area (Å²) in [5.41, 5.74) is 0. The molecule has 1 aliphatic carbocycles. The molecule has 1 saturated heterocycles. The average Bonchev–Trinajstić information content (AvgIpc) is 2.58. The summed E-state index contributed by atoms with van der Waals surface area (Å²) in [5.74, 6) is 0.364. The molecule has 1 saturated carbocycles. The van der Waals surface area contributed by atoms with Crippen LogP contribution in [0.5, 0.6) is 0 Å². The standard InChI is InChI=1S/C19H34O5/c1-3-5-6-9-15-14-16(23-18-10-7-8-13-22-18)11-12-17(15)24-19(20)21-4-2/h15-18H,3-14H2,1-2H3. The van der Waals surface area contributed by atoms with Crippen molar-refractivity contribution in [3.8, 4) is 0 Å². The second-order valence-corrected chi connectivity index (χ2v) is 6.96. The second-order valence-electron chi connectivity index (χ2n) is 6.96. The first kappa shape index (κ1) is 19.5. The molecule has 5 nitrogen and oxygen atoms in total. The smallest absolute Gasteiger partial charge is 0.435 e. The van der Waals surface area contributed by atoms with Crippen molar-refractivity contribution in [1.82, 2.24) is 0 Å². The molecule has 0 amide bonds. The highest BCUT2D eigenvalue weighted by molar-refractivity contribution is 5.60. The Kier molecular flexibility index (Phi) is 8.89. The number of unbranched alkanes of at least 4 members (excludes halogenated alkanes) is 2. The van der Waals surface area contributed by atoms with Gasteiger partial charge in [-0.25, -0.2) is 4.79 Å². The van der Waals surface area contributed by atoms with Gasteiger partial charge in [0.1, 0.15) is 6.10 Å². The van der Waals surface area contributed by atoms with Crippen LogP contribution in [0.2, 0.25) is 0 Å². The van der Waals surface area contributed by atoms with E-state index in [2.05, 4.69) is 6.92 Å². The van der Waals surface area contributed by atoms with Crippen molar-refractivity contribution in [2.24, 2.45) is 5.92 Å². The van der Waals surface area contributed by atoms with Gasteiger partial charge < -0.3 is 18.9 Å². The minimum atomic E-state index is -0.530. The van der Waals surface area contributed by atoms with Gasteiger partial charge in [0.15, 0.2) is 6.29 Å². The van der Waals surface area contributed by atoms with Crippen molar-refractivity contribution in [2.75, 3.05) is 13.2 Å². The predicted molar refractivity (Wildman–Crippen MR) is 91.8 cm³/mol. The number of carbonyl (C=O) groups excluding carboxylic acids is 1. The van der Waals surface area contributed by atoms with Crippen molar-refractivity contribution in [1.29, 1.82) is 0 Å². The van der Waals surface area contributed by atoms with E-state index in [1.807, 2.05) is 0 Å². The van der Waals surface area contributed by atoms with Crippen LogP contribution in [0.25, 0.3) is 0 Å². The molecule has 0 aromatic heterocycles. The first-order chi connectivity index (χ1) is 11.7. The third-order valence-corrected chi connectivity index (χ3v) is 5.03. The Labute approximate surface area is 146 Å². The summed E-state index contributed by atoms with van der Waals surface area (Å²) in [6, 6.07) is 0. The fourth-order valence-corrected chi connectivity index (χ4v) is 3.74. The summed E-state index contributed by atoms with van der Waals surface area (Å²) in [5, 5.41) is 0. The zero-order valence-corrected chi connectivity index (χ0v) is 15.3. The maximum absolute atomic E-state index is 11.7. The zero-order chi connectivity index (χ0) is 17.2. The van der Waals surface area contributed by atoms with Crippen LogP contribution >= 0.6 is 0 Å². The number of hydrogen-bond acceptors (Lipinski definition) is 5. The largest absolute Gasteiger partial charge is 0.508 e. The molecule has 0 aromatic rings. The van der Waals surface area contributed by atoms with Crippen LogP contribution in [0.3, 0.4) is 0 Å². The van der Waals surface area contributed by atoms with Crippen LogP contribution in [0.4, 0.5) is 4.79 Å². The number of ether oxygens (including phenoxy) is 4. The molecule has 2 rings (SSSR count). The van der Waals surface area contributed by atoms with Gasteiger partial charge in [0.05, 0.1) is 12.7 Å². The predicted octanol–water partition coefficient (Wildman–Crippen LogP) is 4.82. The Bertz CT molecular complexity index is 354. The van der Waals surface area contributed by atoms with E-state index in [-0.39, 0.29) is 18.5 Å². The molecule has 2 fully saturated rings. The molecule has 2 aliphatic rings. The lowest BCUT2D eigenvalue weighted by molar-refractivity contribution is -0.201. The van der Waals surface area contributed by atoms with Gasteiger partial charge in [0.2, 0.25) is 0 Å². The summed E-state index contributed by atoms with van der Waals surface area (Å²) in [7, 11) is 0. The Morgan fingerprint density at radius 3 is 2.71 bits per heavy atom. The molecule has 140 valence electrons. The lowest BCUT2D eigenvalue weighted by atomic mass is 9.81. The first-order valence-corrected chi connectivity index (χ1v) is 9.83. The molecule has 0 N–H and O–H groups in total. The molecule has 0 bridgehead atoms. The van der Waals surface area contributed by atoms with Crippen LogP contribution in [0.1, 0.15) is 78.1 Å². The second kappa shape index (κ2) is 10.9. The van der Waals surface area contributed by atoms with Crippen molar-refractivity contribution < 1.29 is 23.7 Å². The van der Waals surface area contributed by atoms with E-state index in [9.17, 15) is 4.79 Å². The van der Waals surface area contributed by atoms with E-state index in [4.69, 9.17) is 18.9 Å². The summed E-state index contributed by atoms with van der Waals surface area (Å²) < 4.78 is 22.4. The minimum Gasteiger partial charge on any atom is -0.435 e. The Balaban J connectivity index is 1.84. The van der Waals surface area contributed by atoms with E-state index < -0.39 is 6.16 Å². The molecule has 1 heterocycles. The highest BCUT2D eigenvalue weighted by Crippen LogP contribution is 2.34. The third-order valence-electron chi connectivity index (χ3n) is 5.03. The van der Waals surface area contributed by atoms with E-state index >= 15 is 0 Å². The summed E-state index contributed by atoms with van der Waals surface area (Å²) in [6.07, 6.45) is 10.4. The molecule has 24 heavy (non-hydrogen) atoms. The van der Waals surface area contributed by atoms with Gasteiger partial charge in [-0.2, -0.15) is 0 Å². The minimum absolute atomic E-state index is 0.0342. The topological polar surface area (TPSA) is 54.0 Å². The van der Waals surface area contributed by atoms with E-state index in [1.165, 1.54) is 25.7 Å². The molecular formula is C19H34O5. The fraction of sp³-hybridized carbons (Fsp3) is 0.947. The molecular weight excluding hydrogens is 308 g/mol. The van der Waals surface area contributed by atoms with Gasteiger partial charge in [-0.3, -0.25) is 0 Å². The van der Waals surface area contributed by atoms with E-state index in [1.54, 1.807) is 6.92 Å². The number of carbonyl (C=O) groups is 1. The van der Waals surface area contributed by atoms with Gasteiger partial charge in [-0.1, -0.05) is 26.2 Å². The summed E-state index contributed by atoms with van der Waals surface area (Å²) in [6.45, 7) is 5.18. The first-order valence-electron chi connectivity index (χ1n) is 9.83. The van der Waals surface area contributed by atoms with Crippen molar-refractivity contribution in [3.63, 3.8) is 0 Å². The molecule has 0 aromatic carbocycles.